The molecule has 90 valence electrons. The molecule has 0 heterocycles. The molecule has 0 spiro atoms. The molecule has 0 fully saturated rings. The minimum atomic E-state index is -2.45. The molecule has 0 aliphatic rings. The van der Waals surface area contributed by atoms with E-state index in [1.165, 1.54) is 0 Å². The lowest BCUT2D eigenvalue weighted by Gasteiger charge is -2.13. The summed E-state index contributed by atoms with van der Waals surface area (Å²) in [6, 6.07) is 5.46. The Morgan fingerprint density at radius 3 is 2.62 bits per heavy atom. The number of alkyl halides is 2. The maximum Gasteiger partial charge on any atom is 0.272 e. The van der Waals surface area contributed by atoms with E-state index < -0.39 is 13.0 Å². The van der Waals surface area contributed by atoms with Gasteiger partial charge >= 0.3 is 0 Å². The quantitative estimate of drug-likeness (QED) is 0.842. The Morgan fingerprint density at radius 1 is 1.38 bits per heavy atom. The van der Waals surface area contributed by atoms with Gasteiger partial charge in [0.25, 0.3) is 6.43 Å². The third-order valence-electron chi connectivity index (χ3n) is 2.12. The van der Waals surface area contributed by atoms with Crippen LogP contribution in [0.5, 0.6) is 5.75 Å². The molecule has 0 saturated carbocycles. The molecule has 2 nitrogen and oxygen atoms in total. The van der Waals surface area contributed by atoms with Crippen molar-refractivity contribution in [3.8, 4) is 5.75 Å². The van der Waals surface area contributed by atoms with Crippen molar-refractivity contribution in [3.05, 3.63) is 29.3 Å². The molecule has 1 rings (SSSR count). The van der Waals surface area contributed by atoms with Crippen LogP contribution in [-0.4, -0.2) is 19.1 Å². The van der Waals surface area contributed by atoms with E-state index >= 15 is 0 Å². The normalized spacial score (nSPS) is 12.9. The van der Waals surface area contributed by atoms with Crippen molar-refractivity contribution in [2.45, 2.75) is 32.7 Å². The average Bonchev–Trinajstić information content (AvgIpc) is 2.15. The summed E-state index contributed by atoms with van der Waals surface area (Å²) in [7, 11) is 0. The number of halogens is 2. The Kier molecular flexibility index (Phi) is 4.68. The minimum Gasteiger partial charge on any atom is -0.487 e. The molecule has 16 heavy (non-hydrogen) atoms. The number of aryl methyl sites for hydroxylation is 1. The highest BCUT2D eigenvalue weighted by atomic mass is 19.3. The van der Waals surface area contributed by atoms with Crippen LogP contribution in [0.25, 0.3) is 0 Å². The smallest absolute Gasteiger partial charge is 0.272 e. The van der Waals surface area contributed by atoms with Gasteiger partial charge in [-0.3, -0.25) is 0 Å². The molecule has 1 aromatic rings. The molecule has 2 N–H and O–H groups in total. The highest BCUT2D eigenvalue weighted by Gasteiger charge is 2.09. The number of hydrogen-bond donors (Lipinski definition) is 1. The summed E-state index contributed by atoms with van der Waals surface area (Å²) >= 11 is 0. The van der Waals surface area contributed by atoms with Crippen LogP contribution in [0.2, 0.25) is 0 Å². The Hall–Kier alpha value is -1.16. The Bertz CT molecular complexity index is 340. The second kappa shape index (κ2) is 5.80. The maximum atomic E-state index is 12.0. The van der Waals surface area contributed by atoms with Gasteiger partial charge in [-0.15, -0.1) is 0 Å². The first-order chi connectivity index (χ1) is 7.49. The summed E-state index contributed by atoms with van der Waals surface area (Å²) in [6.07, 6.45) is -1.83. The molecule has 0 aliphatic carbocycles. The van der Waals surface area contributed by atoms with Crippen molar-refractivity contribution in [2.75, 3.05) is 6.61 Å². The molecule has 1 atom stereocenters. The van der Waals surface area contributed by atoms with Gasteiger partial charge in [0.1, 0.15) is 12.4 Å². The summed E-state index contributed by atoms with van der Waals surface area (Å²) in [4.78, 5) is 0. The van der Waals surface area contributed by atoms with Crippen LogP contribution in [-0.2, 0) is 6.42 Å². The monoisotopic (exact) mass is 229 g/mol. The van der Waals surface area contributed by atoms with Crippen LogP contribution < -0.4 is 10.5 Å². The van der Waals surface area contributed by atoms with Crippen molar-refractivity contribution >= 4 is 0 Å². The molecule has 4 heteroatoms. The van der Waals surface area contributed by atoms with Gasteiger partial charge in [-0.05, 0) is 31.9 Å². The summed E-state index contributed by atoms with van der Waals surface area (Å²) < 4.78 is 29.1. The largest absolute Gasteiger partial charge is 0.487 e. The molecule has 1 unspecified atom stereocenters. The molecule has 1 aromatic carbocycles. The van der Waals surface area contributed by atoms with Crippen LogP contribution >= 0.6 is 0 Å². The first-order valence-corrected chi connectivity index (χ1v) is 5.25. The highest BCUT2D eigenvalue weighted by molar-refractivity contribution is 5.37. The standard InChI is InChI=1S/C12H17F2NO/c1-8-3-4-11(16-7-12(13)14)10(5-8)6-9(2)15/h3-5,9,12H,6-7,15H2,1-2H3. The van der Waals surface area contributed by atoms with E-state index in [0.717, 1.165) is 11.1 Å². The van der Waals surface area contributed by atoms with Gasteiger partial charge < -0.3 is 10.5 Å². The fourth-order valence-electron chi connectivity index (χ4n) is 1.51. The zero-order chi connectivity index (χ0) is 12.1. The van der Waals surface area contributed by atoms with Crippen LogP contribution in [0.4, 0.5) is 8.78 Å². The van der Waals surface area contributed by atoms with Crippen LogP contribution in [0, 0.1) is 6.92 Å². The van der Waals surface area contributed by atoms with Gasteiger partial charge in [0.05, 0.1) is 0 Å². The Morgan fingerprint density at radius 2 is 2.06 bits per heavy atom. The zero-order valence-corrected chi connectivity index (χ0v) is 9.54. The number of hydrogen-bond acceptors (Lipinski definition) is 2. The van der Waals surface area contributed by atoms with Gasteiger partial charge in [0.2, 0.25) is 0 Å². The molecular weight excluding hydrogens is 212 g/mol. The van der Waals surface area contributed by atoms with Gasteiger partial charge in [0.15, 0.2) is 0 Å². The SMILES string of the molecule is Cc1ccc(OCC(F)F)c(CC(C)N)c1. The van der Waals surface area contributed by atoms with E-state index in [1.54, 1.807) is 6.07 Å². The van der Waals surface area contributed by atoms with Gasteiger partial charge in [-0.25, -0.2) is 8.78 Å². The van der Waals surface area contributed by atoms with Crippen molar-refractivity contribution < 1.29 is 13.5 Å². The Balaban J connectivity index is 2.80. The molecule has 0 radical (unpaired) electrons. The molecule has 0 saturated heterocycles. The Labute approximate surface area is 94.4 Å². The third-order valence-corrected chi connectivity index (χ3v) is 2.12. The van der Waals surface area contributed by atoms with E-state index in [-0.39, 0.29) is 6.04 Å². The van der Waals surface area contributed by atoms with Gasteiger partial charge in [0, 0.05) is 6.04 Å². The van der Waals surface area contributed by atoms with Crippen molar-refractivity contribution in [2.24, 2.45) is 5.73 Å². The fraction of sp³-hybridized carbons (Fsp3) is 0.500. The molecule has 0 bridgehead atoms. The van der Waals surface area contributed by atoms with E-state index in [0.29, 0.717) is 12.2 Å². The second-order valence-corrected chi connectivity index (χ2v) is 3.99. The lowest BCUT2D eigenvalue weighted by molar-refractivity contribution is 0.0814. The van der Waals surface area contributed by atoms with Crippen LogP contribution in [0.15, 0.2) is 18.2 Å². The number of rotatable bonds is 5. The number of ether oxygens (including phenoxy) is 1. The fourth-order valence-corrected chi connectivity index (χ4v) is 1.51. The molecule has 0 aliphatic heterocycles. The first kappa shape index (κ1) is 12.9. The average molecular weight is 229 g/mol. The molecule has 0 amide bonds. The first-order valence-electron chi connectivity index (χ1n) is 5.25. The lowest BCUT2D eigenvalue weighted by atomic mass is 10.0. The summed E-state index contributed by atoms with van der Waals surface area (Å²) in [5, 5.41) is 0. The summed E-state index contributed by atoms with van der Waals surface area (Å²) in [5.41, 5.74) is 7.65. The lowest BCUT2D eigenvalue weighted by Crippen LogP contribution is -2.19. The minimum absolute atomic E-state index is 0.0179. The van der Waals surface area contributed by atoms with Gasteiger partial charge in [-0.2, -0.15) is 0 Å². The van der Waals surface area contributed by atoms with E-state index in [1.807, 2.05) is 26.0 Å². The van der Waals surface area contributed by atoms with Crippen molar-refractivity contribution in [3.63, 3.8) is 0 Å². The zero-order valence-electron chi connectivity index (χ0n) is 9.54. The number of nitrogens with two attached hydrogens (primary N) is 1. The predicted molar refractivity (Wildman–Crippen MR) is 60.0 cm³/mol. The van der Waals surface area contributed by atoms with Crippen molar-refractivity contribution in [1.82, 2.24) is 0 Å². The van der Waals surface area contributed by atoms with E-state index in [9.17, 15) is 8.78 Å². The maximum absolute atomic E-state index is 12.0. The predicted octanol–water partition coefficient (Wildman–Crippen LogP) is 2.53. The van der Waals surface area contributed by atoms with Crippen LogP contribution in [0.3, 0.4) is 0 Å². The third kappa shape index (κ3) is 4.14. The van der Waals surface area contributed by atoms with Crippen LogP contribution in [0.1, 0.15) is 18.1 Å². The summed E-state index contributed by atoms with van der Waals surface area (Å²) in [5.74, 6) is 0.503. The molecule has 0 aromatic heterocycles. The number of benzene rings is 1. The van der Waals surface area contributed by atoms with Crippen molar-refractivity contribution in [1.29, 1.82) is 0 Å². The second-order valence-electron chi connectivity index (χ2n) is 3.99. The van der Waals surface area contributed by atoms with E-state index in [4.69, 9.17) is 10.5 Å². The summed E-state index contributed by atoms with van der Waals surface area (Å²) in [6.45, 7) is 3.25. The topological polar surface area (TPSA) is 35.2 Å². The van der Waals surface area contributed by atoms with Gasteiger partial charge in [-0.1, -0.05) is 17.7 Å². The highest BCUT2D eigenvalue weighted by Crippen LogP contribution is 2.21. The molecular formula is C12H17F2NO. The van der Waals surface area contributed by atoms with E-state index in [2.05, 4.69) is 0 Å².